The van der Waals surface area contributed by atoms with Crippen LogP contribution in [-0.2, 0) is 10.0 Å². The van der Waals surface area contributed by atoms with Crippen LogP contribution in [0.5, 0.6) is 0 Å². The van der Waals surface area contributed by atoms with Crippen molar-refractivity contribution < 1.29 is 12.8 Å². The van der Waals surface area contributed by atoms with Crippen LogP contribution in [0.1, 0.15) is 5.56 Å². The topological polar surface area (TPSA) is 98.4 Å². The average molecular weight is 437 g/mol. The number of amidine groups is 1. The summed E-state index contributed by atoms with van der Waals surface area (Å²) < 4.78 is 32.8. The summed E-state index contributed by atoms with van der Waals surface area (Å²) >= 11 is 11.7. The highest BCUT2D eigenvalue weighted by atomic mass is 35.5. The van der Waals surface area contributed by atoms with Gasteiger partial charge in [-0.15, -0.1) is 0 Å². The van der Waals surface area contributed by atoms with E-state index in [1.807, 2.05) is 0 Å². The van der Waals surface area contributed by atoms with Gasteiger partial charge in [-0.25, -0.2) is 8.42 Å². The van der Waals surface area contributed by atoms with Gasteiger partial charge in [0, 0.05) is 11.4 Å². The van der Waals surface area contributed by atoms with Crippen molar-refractivity contribution in [3.8, 4) is 0 Å². The number of hydrogen-bond donors (Lipinski definition) is 3. The molecule has 3 aromatic rings. The Hall–Kier alpha value is -2.68. The number of nitrogens with zero attached hydrogens (tertiary/aromatic N) is 1. The summed E-state index contributed by atoms with van der Waals surface area (Å²) in [7, 11) is -3.81. The number of fused-ring (bicyclic) bond motifs is 1. The SMILES string of the molecule is N=C1c2ccoc2NCN1c1ccc(NS(=O)(=O)c2ccc(Cl)c(Cl)c2)cc1. The van der Waals surface area contributed by atoms with Gasteiger partial charge in [0.15, 0.2) is 0 Å². The Bertz CT molecular complexity index is 1160. The molecular weight excluding hydrogens is 423 g/mol. The Morgan fingerprint density at radius 2 is 1.82 bits per heavy atom. The number of anilines is 3. The van der Waals surface area contributed by atoms with Crippen LogP contribution in [0.25, 0.3) is 0 Å². The summed E-state index contributed by atoms with van der Waals surface area (Å²) in [5.41, 5.74) is 1.79. The molecule has 0 spiro atoms. The minimum atomic E-state index is -3.81. The molecule has 0 aliphatic carbocycles. The van der Waals surface area contributed by atoms with Crippen molar-refractivity contribution in [3.63, 3.8) is 0 Å². The zero-order valence-corrected chi connectivity index (χ0v) is 16.6. The molecule has 7 nitrogen and oxygen atoms in total. The zero-order chi connectivity index (χ0) is 19.9. The summed E-state index contributed by atoms with van der Waals surface area (Å²) in [6, 6.07) is 12.5. The summed E-state index contributed by atoms with van der Waals surface area (Å²) in [6.45, 7) is 0.369. The first-order valence-electron chi connectivity index (χ1n) is 8.11. The van der Waals surface area contributed by atoms with Gasteiger partial charge in [0.05, 0.1) is 33.4 Å². The van der Waals surface area contributed by atoms with Gasteiger partial charge in [0.1, 0.15) is 5.84 Å². The molecule has 10 heteroatoms. The number of nitrogens with one attached hydrogen (secondary N) is 3. The van der Waals surface area contributed by atoms with Crippen molar-refractivity contribution in [2.24, 2.45) is 0 Å². The van der Waals surface area contributed by atoms with Gasteiger partial charge < -0.3 is 14.6 Å². The quantitative estimate of drug-likeness (QED) is 0.554. The van der Waals surface area contributed by atoms with Crippen LogP contribution in [0.3, 0.4) is 0 Å². The predicted molar refractivity (Wildman–Crippen MR) is 110 cm³/mol. The smallest absolute Gasteiger partial charge is 0.261 e. The molecule has 0 unspecified atom stereocenters. The molecular formula is C18H14Cl2N4O3S. The molecule has 28 heavy (non-hydrogen) atoms. The number of furan rings is 1. The molecule has 0 radical (unpaired) electrons. The number of halogens is 2. The maximum Gasteiger partial charge on any atom is 0.261 e. The Morgan fingerprint density at radius 1 is 1.07 bits per heavy atom. The summed E-state index contributed by atoms with van der Waals surface area (Å²) in [5.74, 6) is 0.860. The number of rotatable bonds is 4. The first-order chi connectivity index (χ1) is 13.3. The number of benzene rings is 2. The molecule has 0 saturated heterocycles. The van der Waals surface area contributed by atoms with Gasteiger partial charge in [0.2, 0.25) is 5.88 Å². The van der Waals surface area contributed by atoms with E-state index in [-0.39, 0.29) is 14.9 Å². The Labute approximate surface area is 171 Å². The number of hydrogen-bond acceptors (Lipinski definition) is 5. The lowest BCUT2D eigenvalue weighted by atomic mass is 10.2. The molecule has 2 heterocycles. The highest BCUT2D eigenvalue weighted by Gasteiger charge is 2.24. The van der Waals surface area contributed by atoms with E-state index in [0.29, 0.717) is 29.6 Å². The van der Waals surface area contributed by atoms with E-state index in [1.165, 1.54) is 24.5 Å². The minimum absolute atomic E-state index is 0.0143. The summed E-state index contributed by atoms with van der Waals surface area (Å²) in [6.07, 6.45) is 1.52. The van der Waals surface area contributed by atoms with Gasteiger partial charge >= 0.3 is 0 Å². The molecule has 0 fully saturated rings. The maximum absolute atomic E-state index is 12.5. The van der Waals surface area contributed by atoms with Crippen molar-refractivity contribution in [1.29, 1.82) is 5.41 Å². The second kappa shape index (κ2) is 7.05. The molecule has 2 aromatic carbocycles. The zero-order valence-electron chi connectivity index (χ0n) is 14.2. The Balaban J connectivity index is 1.54. The predicted octanol–water partition coefficient (Wildman–Crippen LogP) is 4.60. The Morgan fingerprint density at radius 3 is 2.54 bits per heavy atom. The fraction of sp³-hybridized carbons (Fsp3) is 0.0556. The molecule has 3 N–H and O–H groups in total. The molecule has 0 atom stereocenters. The van der Waals surface area contributed by atoms with Crippen molar-refractivity contribution in [2.75, 3.05) is 21.6 Å². The van der Waals surface area contributed by atoms with Gasteiger partial charge in [-0.2, -0.15) is 0 Å². The van der Waals surface area contributed by atoms with E-state index in [1.54, 1.807) is 35.2 Å². The van der Waals surface area contributed by atoms with Crippen molar-refractivity contribution in [2.45, 2.75) is 4.90 Å². The molecule has 0 amide bonds. The van der Waals surface area contributed by atoms with E-state index in [9.17, 15) is 8.42 Å². The molecule has 4 rings (SSSR count). The lowest BCUT2D eigenvalue weighted by Gasteiger charge is -2.29. The first-order valence-corrected chi connectivity index (χ1v) is 10.3. The van der Waals surface area contributed by atoms with Crippen LogP contribution in [-0.4, -0.2) is 20.9 Å². The van der Waals surface area contributed by atoms with Gasteiger partial charge in [-0.1, -0.05) is 23.2 Å². The molecule has 1 aliphatic heterocycles. The third-order valence-corrected chi connectivity index (χ3v) is 6.34. The van der Waals surface area contributed by atoms with E-state index >= 15 is 0 Å². The fourth-order valence-corrected chi connectivity index (χ4v) is 4.24. The molecule has 1 aromatic heterocycles. The summed E-state index contributed by atoms with van der Waals surface area (Å²) in [4.78, 5) is 1.76. The first kappa shape index (κ1) is 18.7. The van der Waals surface area contributed by atoms with Crippen LogP contribution < -0.4 is 14.9 Å². The summed E-state index contributed by atoms with van der Waals surface area (Å²) in [5, 5.41) is 11.9. The monoisotopic (exact) mass is 436 g/mol. The normalized spacial score (nSPS) is 13.8. The van der Waals surface area contributed by atoms with Crippen molar-refractivity contribution in [1.82, 2.24) is 0 Å². The third kappa shape index (κ3) is 3.42. The fourth-order valence-electron chi connectivity index (χ4n) is 2.80. The molecule has 0 bridgehead atoms. The Kier molecular flexibility index (Phi) is 4.70. The van der Waals surface area contributed by atoms with E-state index < -0.39 is 10.0 Å². The van der Waals surface area contributed by atoms with Gasteiger partial charge in [-0.05, 0) is 48.5 Å². The van der Waals surface area contributed by atoms with Crippen LogP contribution in [0.4, 0.5) is 17.3 Å². The van der Waals surface area contributed by atoms with Gasteiger partial charge in [0.25, 0.3) is 10.0 Å². The molecule has 144 valence electrons. The highest BCUT2D eigenvalue weighted by Crippen LogP contribution is 2.29. The standard InChI is InChI=1S/C18H14Cl2N4O3S/c19-15-6-5-13(9-16(15)20)28(25,26)23-11-1-3-12(4-2-11)24-10-22-18-14(17(24)21)7-8-27-18/h1-9,21-23H,10H2. The van der Waals surface area contributed by atoms with E-state index in [4.69, 9.17) is 33.0 Å². The van der Waals surface area contributed by atoms with Crippen LogP contribution in [0.15, 0.2) is 64.1 Å². The van der Waals surface area contributed by atoms with Crippen LogP contribution in [0.2, 0.25) is 10.0 Å². The number of sulfonamides is 1. The van der Waals surface area contributed by atoms with E-state index in [2.05, 4.69) is 10.0 Å². The highest BCUT2D eigenvalue weighted by molar-refractivity contribution is 7.92. The maximum atomic E-state index is 12.5. The minimum Gasteiger partial charge on any atom is -0.448 e. The van der Waals surface area contributed by atoms with Crippen LogP contribution in [0, 0.1) is 5.41 Å². The average Bonchev–Trinajstić information content (AvgIpc) is 3.14. The van der Waals surface area contributed by atoms with Gasteiger partial charge in [-0.3, -0.25) is 10.1 Å². The largest absolute Gasteiger partial charge is 0.448 e. The second-order valence-corrected chi connectivity index (χ2v) is 8.50. The van der Waals surface area contributed by atoms with Crippen molar-refractivity contribution >= 4 is 56.3 Å². The second-order valence-electron chi connectivity index (χ2n) is 6.00. The molecule has 0 saturated carbocycles. The molecule has 1 aliphatic rings. The third-order valence-electron chi connectivity index (χ3n) is 4.22. The lowest BCUT2D eigenvalue weighted by molar-refractivity contribution is 0.577. The van der Waals surface area contributed by atoms with Crippen molar-refractivity contribution in [3.05, 3.63) is 70.4 Å². The van der Waals surface area contributed by atoms with Crippen LogP contribution >= 0.6 is 23.2 Å². The lowest BCUT2D eigenvalue weighted by Crippen LogP contribution is -2.39. The van der Waals surface area contributed by atoms with E-state index in [0.717, 1.165) is 5.69 Å².